The molecule has 2 N–H and O–H groups in total. The van der Waals surface area contributed by atoms with Crippen LogP contribution in [0.2, 0.25) is 0 Å². The Labute approximate surface area is 175 Å². The minimum atomic E-state index is -0.366. The first-order valence-corrected chi connectivity index (χ1v) is 12.0. The summed E-state index contributed by atoms with van der Waals surface area (Å²) in [7, 11) is 0. The predicted molar refractivity (Wildman–Crippen MR) is 116 cm³/mol. The van der Waals surface area contributed by atoms with Crippen LogP contribution in [0.25, 0.3) is 0 Å². The highest BCUT2D eigenvalue weighted by Gasteiger charge is 2.65. The van der Waals surface area contributed by atoms with Crippen molar-refractivity contribution in [3.05, 3.63) is 35.9 Å². The Morgan fingerprint density at radius 3 is 2.72 bits per heavy atom. The molecule has 4 bridgehead atoms. The molecule has 0 radical (unpaired) electrons. The number of hydrogen-bond acceptors (Lipinski definition) is 3. The van der Waals surface area contributed by atoms with Gasteiger partial charge in [-0.3, -0.25) is 4.79 Å². The van der Waals surface area contributed by atoms with E-state index >= 15 is 0 Å². The molecule has 3 heteroatoms. The first-order chi connectivity index (χ1) is 14.0. The standard InChI is InChI=1S/C26H37NO2/c1-2-9-24-12-19-13-25(16-24,21-6-4-3-5-7-21)18-26(14-19,17-24)23(29)11-20-8-10-27-15-22(20)28/h3-7,19-20,22,27-28H,2,8-18H2,1H3/t19?,20-,22+,24+,25+,26?/m0/s1. The highest BCUT2D eigenvalue weighted by Crippen LogP contribution is 2.71. The number of carbonyl (C=O) groups is 1. The maximum Gasteiger partial charge on any atom is 0.139 e. The van der Waals surface area contributed by atoms with Gasteiger partial charge in [0.2, 0.25) is 0 Å². The van der Waals surface area contributed by atoms with E-state index in [0.717, 1.165) is 32.2 Å². The molecular weight excluding hydrogens is 358 g/mol. The molecule has 1 saturated heterocycles. The summed E-state index contributed by atoms with van der Waals surface area (Å²) in [5.74, 6) is 1.32. The van der Waals surface area contributed by atoms with Crippen LogP contribution in [0.1, 0.15) is 76.7 Å². The van der Waals surface area contributed by atoms with E-state index in [9.17, 15) is 9.90 Å². The van der Waals surface area contributed by atoms with Crippen LogP contribution in [0.15, 0.2) is 30.3 Å². The lowest BCUT2D eigenvalue weighted by molar-refractivity contribution is -0.163. The van der Waals surface area contributed by atoms with Gasteiger partial charge in [0.25, 0.3) is 0 Å². The van der Waals surface area contributed by atoms with Gasteiger partial charge in [-0.15, -0.1) is 0 Å². The fraction of sp³-hybridized carbons (Fsp3) is 0.731. The number of benzene rings is 1. The van der Waals surface area contributed by atoms with Gasteiger partial charge in [0.15, 0.2) is 0 Å². The molecule has 6 rings (SSSR count). The van der Waals surface area contributed by atoms with E-state index < -0.39 is 0 Å². The molecule has 4 saturated carbocycles. The monoisotopic (exact) mass is 395 g/mol. The van der Waals surface area contributed by atoms with Gasteiger partial charge in [-0.05, 0) is 86.1 Å². The number of hydrogen-bond donors (Lipinski definition) is 2. The molecule has 4 aliphatic carbocycles. The van der Waals surface area contributed by atoms with Crippen LogP contribution in [-0.4, -0.2) is 30.1 Å². The second kappa shape index (κ2) is 7.20. The molecule has 29 heavy (non-hydrogen) atoms. The van der Waals surface area contributed by atoms with Gasteiger partial charge in [-0.25, -0.2) is 0 Å². The number of rotatable bonds is 6. The van der Waals surface area contributed by atoms with Crippen molar-refractivity contribution in [2.75, 3.05) is 13.1 Å². The van der Waals surface area contributed by atoms with E-state index in [1.54, 1.807) is 0 Å². The number of carbonyl (C=O) groups excluding carboxylic acids is 1. The largest absolute Gasteiger partial charge is 0.392 e. The van der Waals surface area contributed by atoms with Crippen molar-refractivity contribution in [3.8, 4) is 0 Å². The Morgan fingerprint density at radius 1 is 1.14 bits per heavy atom. The zero-order valence-electron chi connectivity index (χ0n) is 18.0. The first kappa shape index (κ1) is 19.8. The molecule has 0 spiro atoms. The zero-order valence-corrected chi connectivity index (χ0v) is 18.0. The Morgan fingerprint density at radius 2 is 1.97 bits per heavy atom. The van der Waals surface area contributed by atoms with Crippen LogP contribution in [0.4, 0.5) is 0 Å². The molecule has 2 unspecified atom stereocenters. The molecule has 5 fully saturated rings. The van der Waals surface area contributed by atoms with Gasteiger partial charge < -0.3 is 10.4 Å². The van der Waals surface area contributed by atoms with Crippen LogP contribution in [0, 0.1) is 22.7 Å². The molecule has 1 aliphatic heterocycles. The lowest BCUT2D eigenvalue weighted by Crippen LogP contribution is -2.61. The maximum atomic E-state index is 13.9. The quantitative estimate of drug-likeness (QED) is 0.739. The number of aliphatic hydroxyl groups excluding tert-OH is 1. The fourth-order valence-corrected chi connectivity index (χ4v) is 8.46. The van der Waals surface area contributed by atoms with Gasteiger partial charge in [0.1, 0.15) is 5.78 Å². The van der Waals surface area contributed by atoms with Crippen LogP contribution in [0.5, 0.6) is 0 Å². The number of β-amino-alcohol motifs (C(OH)–C–C–N with tert-alkyl or cyclic N) is 1. The van der Waals surface area contributed by atoms with Crippen molar-refractivity contribution in [1.82, 2.24) is 5.32 Å². The molecule has 6 atom stereocenters. The minimum absolute atomic E-state index is 0.144. The summed E-state index contributed by atoms with van der Waals surface area (Å²) in [6.45, 7) is 3.88. The highest BCUT2D eigenvalue weighted by atomic mass is 16.3. The zero-order chi connectivity index (χ0) is 20.1. The van der Waals surface area contributed by atoms with E-state index in [4.69, 9.17) is 0 Å². The van der Waals surface area contributed by atoms with Gasteiger partial charge in [0.05, 0.1) is 6.10 Å². The van der Waals surface area contributed by atoms with Gasteiger partial charge in [-0.2, -0.15) is 0 Å². The third-order valence-electron chi connectivity index (χ3n) is 8.98. The summed E-state index contributed by atoms with van der Waals surface area (Å²) in [5, 5.41) is 13.7. The molecule has 1 aromatic carbocycles. The van der Waals surface area contributed by atoms with E-state index in [1.165, 1.54) is 37.7 Å². The maximum absolute atomic E-state index is 13.9. The summed E-state index contributed by atoms with van der Waals surface area (Å²) < 4.78 is 0. The Bertz CT molecular complexity index is 763. The van der Waals surface area contributed by atoms with E-state index in [0.29, 0.717) is 30.1 Å². The Kier molecular flexibility index (Phi) is 4.90. The predicted octanol–water partition coefficient (Wildman–Crippen LogP) is 4.62. The summed E-state index contributed by atoms with van der Waals surface area (Å²) in [6, 6.07) is 11.1. The lowest BCUT2D eigenvalue weighted by atomic mass is 9.37. The van der Waals surface area contributed by atoms with Crippen molar-refractivity contribution < 1.29 is 9.90 Å². The third-order valence-corrected chi connectivity index (χ3v) is 8.98. The highest BCUT2D eigenvalue weighted by molar-refractivity contribution is 5.86. The second-order valence-electron chi connectivity index (χ2n) is 11.1. The third kappa shape index (κ3) is 3.29. The van der Waals surface area contributed by atoms with E-state index in [2.05, 4.69) is 42.6 Å². The average molecular weight is 396 g/mol. The number of nitrogens with one attached hydrogen (secondary N) is 1. The number of aliphatic hydroxyl groups is 1. The van der Waals surface area contributed by atoms with E-state index in [-0.39, 0.29) is 22.9 Å². The topological polar surface area (TPSA) is 49.3 Å². The van der Waals surface area contributed by atoms with Crippen molar-refractivity contribution in [2.45, 2.75) is 82.7 Å². The van der Waals surface area contributed by atoms with Crippen molar-refractivity contribution in [2.24, 2.45) is 22.7 Å². The number of piperidine rings is 1. The van der Waals surface area contributed by atoms with Gasteiger partial charge in [-0.1, -0.05) is 43.7 Å². The van der Waals surface area contributed by atoms with Crippen LogP contribution in [0.3, 0.4) is 0 Å². The van der Waals surface area contributed by atoms with Crippen LogP contribution < -0.4 is 5.32 Å². The second-order valence-corrected chi connectivity index (χ2v) is 11.1. The summed E-state index contributed by atoms with van der Waals surface area (Å²) in [4.78, 5) is 13.9. The molecule has 3 nitrogen and oxygen atoms in total. The SMILES string of the molecule is CCC[C@]12CC3CC(C(=O)C[C@@H]4CCNC[C@H]4O)(C1)C[C@@](c1ccccc1)(C3)C2. The molecule has 158 valence electrons. The summed E-state index contributed by atoms with van der Waals surface area (Å²) in [6.07, 6.45) is 10.8. The fourth-order valence-electron chi connectivity index (χ4n) is 8.46. The lowest BCUT2D eigenvalue weighted by Gasteiger charge is -2.67. The molecule has 1 aromatic rings. The summed E-state index contributed by atoms with van der Waals surface area (Å²) in [5.41, 5.74) is 1.88. The smallest absolute Gasteiger partial charge is 0.139 e. The minimum Gasteiger partial charge on any atom is -0.392 e. The van der Waals surface area contributed by atoms with Crippen molar-refractivity contribution >= 4 is 5.78 Å². The molecule has 5 aliphatic rings. The van der Waals surface area contributed by atoms with Crippen molar-refractivity contribution in [3.63, 3.8) is 0 Å². The first-order valence-electron chi connectivity index (χ1n) is 12.0. The van der Waals surface area contributed by atoms with Crippen molar-refractivity contribution in [1.29, 1.82) is 0 Å². The van der Waals surface area contributed by atoms with Gasteiger partial charge in [0, 0.05) is 18.4 Å². The molecular formula is C26H37NO2. The normalized spacial score (nSPS) is 43.4. The number of ketones is 1. The Hall–Kier alpha value is -1.19. The van der Waals surface area contributed by atoms with Crippen LogP contribution in [-0.2, 0) is 10.2 Å². The van der Waals surface area contributed by atoms with E-state index in [1.807, 2.05) is 0 Å². The number of Topliss-reactive ketones (excluding diaryl/α,β-unsaturated/α-hetero) is 1. The summed E-state index contributed by atoms with van der Waals surface area (Å²) >= 11 is 0. The molecule has 0 amide bonds. The molecule has 0 aromatic heterocycles. The Balaban J connectivity index is 1.48. The average Bonchev–Trinajstić information content (AvgIpc) is 2.69. The van der Waals surface area contributed by atoms with Gasteiger partial charge >= 0.3 is 0 Å². The van der Waals surface area contributed by atoms with Crippen LogP contribution >= 0.6 is 0 Å². The molecule has 1 heterocycles.